The minimum Gasteiger partial charge on any atom is -0.480 e. The van der Waals surface area contributed by atoms with Crippen molar-refractivity contribution in [2.75, 3.05) is 19.6 Å². The molecule has 6 nitrogen and oxygen atoms in total. The van der Waals surface area contributed by atoms with Crippen LogP contribution in [0.15, 0.2) is 11.6 Å². The number of hydrogen-bond acceptors (Lipinski definition) is 4. The Hall–Kier alpha value is -0.920. The molecule has 1 heterocycles. The second-order valence-corrected chi connectivity index (χ2v) is 6.07. The first-order valence-electron chi connectivity index (χ1n) is 5.53. The molecule has 0 aromatic heterocycles. The molecule has 0 spiro atoms. The first-order valence-corrected chi connectivity index (χ1v) is 7.08. The molecule has 1 atom stereocenters. The molecule has 7 heteroatoms. The van der Waals surface area contributed by atoms with Gasteiger partial charge in [0.15, 0.2) is 5.25 Å². The molecule has 0 bridgehead atoms. The maximum atomic E-state index is 11.5. The summed E-state index contributed by atoms with van der Waals surface area (Å²) in [5, 5.41) is 10.4. The number of aliphatic carboxylic acids is 1. The summed E-state index contributed by atoms with van der Waals surface area (Å²) in [7, 11) is -3.75. The highest BCUT2D eigenvalue weighted by atomic mass is 32.2. The topological polar surface area (TPSA) is 95.5 Å². The first-order chi connectivity index (χ1) is 7.93. The zero-order valence-corrected chi connectivity index (χ0v) is 10.6. The van der Waals surface area contributed by atoms with Crippen LogP contribution < -0.4 is 10.0 Å². The smallest absolute Gasteiger partial charge is 0.323 e. The van der Waals surface area contributed by atoms with Gasteiger partial charge in [0, 0.05) is 13.1 Å². The Morgan fingerprint density at radius 3 is 2.88 bits per heavy atom. The van der Waals surface area contributed by atoms with E-state index in [2.05, 4.69) is 10.0 Å². The molecule has 0 amide bonds. The number of nitrogens with one attached hydrogen (secondary N) is 2. The fraction of sp³-hybridized carbons (Fsp3) is 0.700. The van der Waals surface area contributed by atoms with Gasteiger partial charge in [0.05, 0.1) is 0 Å². The molecular weight excluding hydrogens is 244 g/mol. The van der Waals surface area contributed by atoms with E-state index in [4.69, 9.17) is 5.11 Å². The van der Waals surface area contributed by atoms with Crippen molar-refractivity contribution in [3.05, 3.63) is 11.6 Å². The van der Waals surface area contributed by atoms with E-state index < -0.39 is 21.2 Å². The summed E-state index contributed by atoms with van der Waals surface area (Å²) in [6.07, 6.45) is 3.59. The molecule has 1 aliphatic heterocycles. The normalized spacial score (nSPS) is 18.5. The monoisotopic (exact) mass is 262 g/mol. The SMILES string of the molecule is CC(C(=O)O)S(=O)(=O)NCCC1=CCNCC1. The molecule has 0 aliphatic carbocycles. The van der Waals surface area contributed by atoms with Crippen LogP contribution in [-0.2, 0) is 14.8 Å². The molecule has 0 saturated carbocycles. The van der Waals surface area contributed by atoms with Gasteiger partial charge in [0.1, 0.15) is 0 Å². The lowest BCUT2D eigenvalue weighted by Crippen LogP contribution is -2.38. The lowest BCUT2D eigenvalue weighted by molar-refractivity contribution is -0.136. The third-order valence-corrected chi connectivity index (χ3v) is 4.46. The Labute approximate surface area is 101 Å². The van der Waals surface area contributed by atoms with Crippen LogP contribution in [0, 0.1) is 0 Å². The molecule has 0 aromatic rings. The summed E-state index contributed by atoms with van der Waals surface area (Å²) in [5.41, 5.74) is 1.20. The Kier molecular flexibility index (Phi) is 5.10. The average Bonchev–Trinajstić information content (AvgIpc) is 2.29. The van der Waals surface area contributed by atoms with E-state index in [-0.39, 0.29) is 6.54 Å². The number of carbonyl (C=O) groups is 1. The fourth-order valence-corrected chi connectivity index (χ4v) is 2.41. The summed E-state index contributed by atoms with van der Waals surface area (Å²) in [4.78, 5) is 10.6. The molecule has 3 N–H and O–H groups in total. The Bertz CT molecular complexity index is 403. The van der Waals surface area contributed by atoms with Crippen molar-refractivity contribution in [2.45, 2.75) is 25.0 Å². The van der Waals surface area contributed by atoms with E-state index in [1.807, 2.05) is 6.08 Å². The summed E-state index contributed by atoms with van der Waals surface area (Å²) >= 11 is 0. The van der Waals surface area contributed by atoms with E-state index in [0.717, 1.165) is 26.4 Å². The minimum atomic E-state index is -3.75. The number of sulfonamides is 1. The maximum Gasteiger partial charge on any atom is 0.323 e. The standard InChI is InChI=1S/C10H18N2O4S/c1-8(10(13)14)17(15,16)12-7-4-9-2-5-11-6-3-9/h2,8,11-12H,3-7H2,1H3,(H,13,14). The van der Waals surface area contributed by atoms with Gasteiger partial charge >= 0.3 is 5.97 Å². The van der Waals surface area contributed by atoms with Crippen molar-refractivity contribution in [2.24, 2.45) is 0 Å². The molecule has 1 unspecified atom stereocenters. The number of rotatable bonds is 6. The molecule has 0 radical (unpaired) electrons. The largest absolute Gasteiger partial charge is 0.480 e. The molecular formula is C10H18N2O4S. The lowest BCUT2D eigenvalue weighted by atomic mass is 10.1. The van der Waals surface area contributed by atoms with E-state index in [1.165, 1.54) is 5.57 Å². The van der Waals surface area contributed by atoms with Gasteiger partial charge < -0.3 is 10.4 Å². The van der Waals surface area contributed by atoms with Crippen LogP contribution in [0.3, 0.4) is 0 Å². The van der Waals surface area contributed by atoms with Crippen molar-refractivity contribution in [3.63, 3.8) is 0 Å². The highest BCUT2D eigenvalue weighted by molar-refractivity contribution is 7.90. The van der Waals surface area contributed by atoms with Crippen molar-refractivity contribution in [1.82, 2.24) is 10.0 Å². The third-order valence-electron chi connectivity index (χ3n) is 2.72. The van der Waals surface area contributed by atoms with Crippen LogP contribution in [0.4, 0.5) is 0 Å². The summed E-state index contributed by atoms with van der Waals surface area (Å²) in [5.74, 6) is -1.33. The molecule has 0 saturated heterocycles. The van der Waals surface area contributed by atoms with Crippen LogP contribution in [0.25, 0.3) is 0 Å². The predicted octanol–water partition coefficient (Wildman–Crippen LogP) is -0.311. The second kappa shape index (κ2) is 6.13. The van der Waals surface area contributed by atoms with Gasteiger partial charge in [-0.1, -0.05) is 11.6 Å². The van der Waals surface area contributed by atoms with E-state index >= 15 is 0 Å². The molecule has 0 aromatic carbocycles. The Balaban J connectivity index is 2.40. The molecule has 98 valence electrons. The van der Waals surface area contributed by atoms with Gasteiger partial charge in [-0.2, -0.15) is 0 Å². The molecule has 1 rings (SSSR count). The van der Waals surface area contributed by atoms with Crippen molar-refractivity contribution < 1.29 is 18.3 Å². The van der Waals surface area contributed by atoms with E-state index in [9.17, 15) is 13.2 Å². The zero-order valence-electron chi connectivity index (χ0n) is 9.77. The van der Waals surface area contributed by atoms with Gasteiger partial charge in [-0.15, -0.1) is 0 Å². The maximum absolute atomic E-state index is 11.5. The second-order valence-electron chi connectivity index (χ2n) is 3.99. The van der Waals surface area contributed by atoms with Gasteiger partial charge in [-0.3, -0.25) is 4.79 Å². The van der Waals surface area contributed by atoms with Gasteiger partial charge in [-0.25, -0.2) is 13.1 Å². The van der Waals surface area contributed by atoms with E-state index in [1.54, 1.807) is 0 Å². The fourth-order valence-electron chi connectivity index (χ4n) is 1.51. The summed E-state index contributed by atoms with van der Waals surface area (Å²) in [6, 6.07) is 0. The van der Waals surface area contributed by atoms with Crippen LogP contribution in [-0.4, -0.2) is 44.4 Å². The van der Waals surface area contributed by atoms with Crippen LogP contribution in [0.5, 0.6) is 0 Å². The minimum absolute atomic E-state index is 0.256. The number of carboxylic acid groups (broad SMARTS) is 1. The predicted molar refractivity (Wildman–Crippen MR) is 64.2 cm³/mol. The van der Waals surface area contributed by atoms with Crippen molar-refractivity contribution >= 4 is 16.0 Å². The number of carboxylic acids is 1. The first kappa shape index (κ1) is 14.1. The van der Waals surface area contributed by atoms with Gasteiger partial charge in [-0.05, 0) is 26.3 Å². The van der Waals surface area contributed by atoms with E-state index in [0.29, 0.717) is 6.42 Å². The van der Waals surface area contributed by atoms with Crippen molar-refractivity contribution in [3.8, 4) is 0 Å². The van der Waals surface area contributed by atoms with Crippen molar-refractivity contribution in [1.29, 1.82) is 0 Å². The Morgan fingerprint density at radius 1 is 1.65 bits per heavy atom. The van der Waals surface area contributed by atoms with Crippen LogP contribution in [0.2, 0.25) is 0 Å². The van der Waals surface area contributed by atoms with Crippen LogP contribution >= 0.6 is 0 Å². The zero-order chi connectivity index (χ0) is 12.9. The average molecular weight is 262 g/mol. The molecule has 1 aliphatic rings. The van der Waals surface area contributed by atoms with Gasteiger partial charge in [0.25, 0.3) is 0 Å². The molecule has 0 fully saturated rings. The Morgan fingerprint density at radius 2 is 2.35 bits per heavy atom. The van der Waals surface area contributed by atoms with Crippen LogP contribution in [0.1, 0.15) is 19.8 Å². The highest BCUT2D eigenvalue weighted by Gasteiger charge is 2.26. The van der Waals surface area contributed by atoms with Gasteiger partial charge in [0.2, 0.25) is 10.0 Å². The molecule has 17 heavy (non-hydrogen) atoms. The third kappa shape index (κ3) is 4.45. The lowest BCUT2D eigenvalue weighted by Gasteiger charge is -2.15. The summed E-state index contributed by atoms with van der Waals surface area (Å²) in [6.45, 7) is 3.14. The highest BCUT2D eigenvalue weighted by Crippen LogP contribution is 2.08. The quantitative estimate of drug-likeness (QED) is 0.571. The summed E-state index contributed by atoms with van der Waals surface area (Å²) < 4.78 is 25.3. The number of hydrogen-bond donors (Lipinski definition) is 3.